The highest BCUT2D eigenvalue weighted by Crippen LogP contribution is 2.27. The second-order valence-corrected chi connectivity index (χ2v) is 5.81. The summed E-state index contributed by atoms with van der Waals surface area (Å²) in [4.78, 5) is 5.86. The highest BCUT2D eigenvalue weighted by molar-refractivity contribution is 7.13. The molecule has 0 radical (unpaired) electrons. The zero-order valence-corrected chi connectivity index (χ0v) is 12.3. The van der Waals surface area contributed by atoms with E-state index < -0.39 is 0 Å². The van der Waals surface area contributed by atoms with E-state index in [4.69, 9.17) is 5.10 Å². The summed E-state index contributed by atoms with van der Waals surface area (Å²) in [5.41, 5.74) is 4.13. The first-order valence-electron chi connectivity index (χ1n) is 6.78. The lowest BCUT2D eigenvalue weighted by atomic mass is 10.1. The molecule has 4 aromatic rings. The Balaban J connectivity index is 1.93. The standard InChI is InChI=1S/C17H13N3S/c1-12-18-17(13-6-3-2-4-7-13)15-10-9-14(19-20(12)15)16-8-5-11-21-16/h2-11H,1H3. The summed E-state index contributed by atoms with van der Waals surface area (Å²) in [7, 11) is 0. The lowest BCUT2D eigenvalue weighted by Gasteiger charge is -2.01. The van der Waals surface area contributed by atoms with Gasteiger partial charge in [0.25, 0.3) is 0 Å². The van der Waals surface area contributed by atoms with Crippen LogP contribution in [0.25, 0.3) is 27.3 Å². The average Bonchev–Trinajstić information content (AvgIpc) is 3.17. The third-order valence-corrected chi connectivity index (χ3v) is 4.37. The lowest BCUT2D eigenvalue weighted by Crippen LogP contribution is -1.95. The van der Waals surface area contributed by atoms with Crippen LogP contribution in [0.1, 0.15) is 5.82 Å². The monoisotopic (exact) mass is 291 g/mol. The molecule has 0 fully saturated rings. The van der Waals surface area contributed by atoms with Gasteiger partial charge in [0.15, 0.2) is 0 Å². The Bertz CT molecular complexity index is 893. The minimum Gasteiger partial charge on any atom is -0.231 e. The van der Waals surface area contributed by atoms with Crippen LogP contribution in [-0.2, 0) is 0 Å². The van der Waals surface area contributed by atoms with E-state index in [9.17, 15) is 0 Å². The zero-order valence-electron chi connectivity index (χ0n) is 11.5. The van der Waals surface area contributed by atoms with Crippen LogP contribution in [0.4, 0.5) is 0 Å². The summed E-state index contributed by atoms with van der Waals surface area (Å²) in [6.07, 6.45) is 0. The molecule has 1 aromatic carbocycles. The molecule has 3 nitrogen and oxygen atoms in total. The van der Waals surface area contributed by atoms with Gasteiger partial charge in [-0.2, -0.15) is 5.10 Å². The molecule has 4 rings (SSSR count). The van der Waals surface area contributed by atoms with E-state index in [2.05, 4.69) is 40.7 Å². The molecule has 0 spiro atoms. The number of aryl methyl sites for hydroxylation is 1. The van der Waals surface area contributed by atoms with Crippen LogP contribution in [0.3, 0.4) is 0 Å². The van der Waals surface area contributed by atoms with Crippen LogP contribution >= 0.6 is 11.3 Å². The van der Waals surface area contributed by atoms with Crippen LogP contribution in [0.15, 0.2) is 60.0 Å². The molecule has 0 amide bonds. The molecular weight excluding hydrogens is 278 g/mol. The topological polar surface area (TPSA) is 30.2 Å². The molecule has 0 atom stereocenters. The first-order valence-corrected chi connectivity index (χ1v) is 7.66. The van der Waals surface area contributed by atoms with E-state index in [0.29, 0.717) is 0 Å². The fraction of sp³-hybridized carbons (Fsp3) is 0.0588. The van der Waals surface area contributed by atoms with Crippen molar-refractivity contribution in [3.05, 3.63) is 65.8 Å². The maximum Gasteiger partial charge on any atom is 0.128 e. The molecule has 3 heterocycles. The van der Waals surface area contributed by atoms with Gasteiger partial charge < -0.3 is 0 Å². The molecular formula is C17H13N3S. The number of aromatic nitrogens is 3. The lowest BCUT2D eigenvalue weighted by molar-refractivity contribution is 0.883. The van der Waals surface area contributed by atoms with Crippen molar-refractivity contribution in [1.82, 2.24) is 14.6 Å². The Morgan fingerprint density at radius 3 is 2.57 bits per heavy atom. The average molecular weight is 291 g/mol. The van der Waals surface area contributed by atoms with Gasteiger partial charge in [0, 0.05) is 5.56 Å². The summed E-state index contributed by atoms with van der Waals surface area (Å²) < 4.78 is 1.93. The Labute approximate surface area is 126 Å². The second kappa shape index (κ2) is 4.82. The molecule has 0 saturated heterocycles. The second-order valence-electron chi connectivity index (χ2n) is 4.87. The van der Waals surface area contributed by atoms with E-state index >= 15 is 0 Å². The molecule has 3 aromatic heterocycles. The van der Waals surface area contributed by atoms with Crippen LogP contribution < -0.4 is 0 Å². The van der Waals surface area contributed by atoms with Crippen molar-refractivity contribution in [2.24, 2.45) is 0 Å². The minimum absolute atomic E-state index is 0.905. The van der Waals surface area contributed by atoms with E-state index in [0.717, 1.165) is 28.3 Å². The summed E-state index contributed by atoms with van der Waals surface area (Å²) in [6, 6.07) is 18.5. The molecule has 0 aliphatic rings. The van der Waals surface area contributed by atoms with E-state index in [-0.39, 0.29) is 0 Å². The van der Waals surface area contributed by atoms with E-state index in [1.54, 1.807) is 11.3 Å². The Morgan fingerprint density at radius 1 is 0.952 bits per heavy atom. The highest BCUT2D eigenvalue weighted by atomic mass is 32.1. The first kappa shape index (κ1) is 12.3. The van der Waals surface area contributed by atoms with E-state index in [1.807, 2.05) is 35.7 Å². The molecule has 0 aliphatic heterocycles. The fourth-order valence-corrected chi connectivity index (χ4v) is 3.17. The number of imidazole rings is 1. The normalized spacial score (nSPS) is 11.1. The molecule has 0 bridgehead atoms. The molecule has 0 aliphatic carbocycles. The molecule has 21 heavy (non-hydrogen) atoms. The number of benzene rings is 1. The predicted molar refractivity (Wildman–Crippen MR) is 86.5 cm³/mol. The summed E-state index contributed by atoms with van der Waals surface area (Å²) in [6.45, 7) is 1.99. The Morgan fingerprint density at radius 2 is 1.81 bits per heavy atom. The van der Waals surface area contributed by atoms with Crippen LogP contribution in [0.5, 0.6) is 0 Å². The summed E-state index contributed by atoms with van der Waals surface area (Å²) >= 11 is 1.70. The summed E-state index contributed by atoms with van der Waals surface area (Å²) in [5, 5.41) is 6.79. The van der Waals surface area contributed by atoms with Crippen molar-refractivity contribution in [3.8, 4) is 21.8 Å². The number of nitrogens with zero attached hydrogens (tertiary/aromatic N) is 3. The van der Waals surface area contributed by atoms with Gasteiger partial charge in [-0.25, -0.2) is 9.50 Å². The SMILES string of the molecule is Cc1nc(-c2ccccc2)c2ccc(-c3cccs3)nn12. The molecule has 0 N–H and O–H groups in total. The number of hydrogen-bond acceptors (Lipinski definition) is 3. The van der Waals surface area contributed by atoms with Gasteiger partial charge in [-0.05, 0) is 30.5 Å². The van der Waals surface area contributed by atoms with Gasteiger partial charge in [-0.15, -0.1) is 11.3 Å². The van der Waals surface area contributed by atoms with Crippen molar-refractivity contribution < 1.29 is 0 Å². The first-order chi connectivity index (χ1) is 10.3. The smallest absolute Gasteiger partial charge is 0.128 e. The highest BCUT2D eigenvalue weighted by Gasteiger charge is 2.12. The van der Waals surface area contributed by atoms with Gasteiger partial charge in [-0.1, -0.05) is 36.4 Å². The third kappa shape index (κ3) is 2.04. The number of rotatable bonds is 2. The van der Waals surface area contributed by atoms with Crippen LogP contribution in [-0.4, -0.2) is 14.6 Å². The quantitative estimate of drug-likeness (QED) is 0.547. The third-order valence-electron chi connectivity index (χ3n) is 3.48. The number of thiophene rings is 1. The molecule has 4 heteroatoms. The van der Waals surface area contributed by atoms with Crippen LogP contribution in [0.2, 0.25) is 0 Å². The Hall–Kier alpha value is -2.46. The maximum atomic E-state index is 4.73. The van der Waals surface area contributed by atoms with Gasteiger partial charge in [0.1, 0.15) is 11.5 Å². The fourth-order valence-electron chi connectivity index (χ4n) is 2.48. The van der Waals surface area contributed by atoms with Crippen LogP contribution in [0, 0.1) is 6.92 Å². The van der Waals surface area contributed by atoms with Gasteiger partial charge in [-0.3, -0.25) is 0 Å². The maximum absolute atomic E-state index is 4.73. The Kier molecular flexibility index (Phi) is 2.82. The van der Waals surface area contributed by atoms with Gasteiger partial charge >= 0.3 is 0 Å². The predicted octanol–water partition coefficient (Wildman–Crippen LogP) is 4.43. The van der Waals surface area contributed by atoms with Crippen molar-refractivity contribution in [2.75, 3.05) is 0 Å². The van der Waals surface area contributed by atoms with Crippen molar-refractivity contribution in [2.45, 2.75) is 6.92 Å². The molecule has 0 saturated carbocycles. The summed E-state index contributed by atoms with van der Waals surface area (Å²) in [5.74, 6) is 0.905. The van der Waals surface area contributed by atoms with Gasteiger partial charge in [0.05, 0.1) is 16.1 Å². The minimum atomic E-state index is 0.905. The number of hydrogen-bond donors (Lipinski definition) is 0. The molecule has 0 unspecified atom stereocenters. The van der Waals surface area contributed by atoms with Crippen molar-refractivity contribution in [1.29, 1.82) is 0 Å². The molecule has 102 valence electrons. The largest absolute Gasteiger partial charge is 0.231 e. The van der Waals surface area contributed by atoms with E-state index in [1.165, 1.54) is 4.88 Å². The van der Waals surface area contributed by atoms with Crippen molar-refractivity contribution in [3.63, 3.8) is 0 Å². The zero-order chi connectivity index (χ0) is 14.2. The number of fused-ring (bicyclic) bond motifs is 1. The van der Waals surface area contributed by atoms with Gasteiger partial charge in [0.2, 0.25) is 0 Å². The van der Waals surface area contributed by atoms with Crippen molar-refractivity contribution >= 4 is 16.9 Å².